The minimum Gasteiger partial charge on any atom is -0.495 e. The zero-order valence-electron chi connectivity index (χ0n) is 11.3. The van der Waals surface area contributed by atoms with E-state index in [2.05, 4.69) is 28.3 Å². The van der Waals surface area contributed by atoms with Gasteiger partial charge in [0.05, 0.1) is 18.2 Å². The highest BCUT2D eigenvalue weighted by Crippen LogP contribution is 2.32. The average molecular weight is 356 g/mol. The van der Waals surface area contributed by atoms with E-state index in [4.69, 9.17) is 22.2 Å². The van der Waals surface area contributed by atoms with Gasteiger partial charge >= 0.3 is 0 Å². The lowest BCUT2D eigenvalue weighted by Gasteiger charge is -2.20. The molecule has 0 aromatic heterocycles. The van der Waals surface area contributed by atoms with Gasteiger partial charge in [-0.3, -0.25) is 5.84 Å². The molecule has 2 aromatic carbocycles. The molecule has 0 radical (unpaired) electrons. The Morgan fingerprint density at radius 3 is 2.70 bits per heavy atom. The molecule has 106 valence electrons. The molecule has 0 bridgehead atoms. The van der Waals surface area contributed by atoms with E-state index in [0.29, 0.717) is 10.8 Å². The van der Waals surface area contributed by atoms with Crippen molar-refractivity contribution in [3.63, 3.8) is 0 Å². The molecule has 0 saturated heterocycles. The van der Waals surface area contributed by atoms with Crippen LogP contribution in [0.15, 0.2) is 40.9 Å². The van der Waals surface area contributed by atoms with Crippen molar-refractivity contribution in [3.05, 3.63) is 62.6 Å². The summed E-state index contributed by atoms with van der Waals surface area (Å²) < 4.78 is 6.31. The molecule has 2 rings (SSSR count). The van der Waals surface area contributed by atoms with Crippen LogP contribution in [0, 0.1) is 6.92 Å². The van der Waals surface area contributed by atoms with Crippen molar-refractivity contribution in [2.75, 3.05) is 7.11 Å². The number of benzene rings is 2. The Labute approximate surface area is 132 Å². The van der Waals surface area contributed by atoms with E-state index in [1.165, 1.54) is 0 Å². The van der Waals surface area contributed by atoms with E-state index in [0.717, 1.165) is 21.2 Å². The van der Waals surface area contributed by atoms with Crippen molar-refractivity contribution in [3.8, 4) is 5.75 Å². The summed E-state index contributed by atoms with van der Waals surface area (Å²) in [6.07, 6.45) is 0. The molecular formula is C15H16BrClN2O. The lowest BCUT2D eigenvalue weighted by Crippen LogP contribution is -2.29. The number of nitrogens with two attached hydrogens (primary N) is 1. The molecule has 1 unspecified atom stereocenters. The Morgan fingerprint density at radius 1 is 1.30 bits per heavy atom. The fourth-order valence-electron chi connectivity index (χ4n) is 2.16. The lowest BCUT2D eigenvalue weighted by atomic mass is 9.95. The van der Waals surface area contributed by atoms with Gasteiger partial charge in [0.25, 0.3) is 0 Å². The topological polar surface area (TPSA) is 47.3 Å². The fourth-order valence-corrected chi connectivity index (χ4v) is 2.73. The van der Waals surface area contributed by atoms with Crippen molar-refractivity contribution < 1.29 is 4.74 Å². The van der Waals surface area contributed by atoms with Crippen LogP contribution in [0.25, 0.3) is 0 Å². The Bertz CT molecular complexity index is 619. The minimum absolute atomic E-state index is 0.126. The summed E-state index contributed by atoms with van der Waals surface area (Å²) in [5.74, 6) is 6.38. The fraction of sp³-hybridized carbons (Fsp3) is 0.200. The Hall–Kier alpha value is -1.07. The van der Waals surface area contributed by atoms with Crippen molar-refractivity contribution in [2.24, 2.45) is 5.84 Å². The van der Waals surface area contributed by atoms with Crippen molar-refractivity contribution in [1.82, 2.24) is 5.43 Å². The molecule has 0 aliphatic rings. The van der Waals surface area contributed by atoms with Crippen LogP contribution in [0.2, 0.25) is 5.02 Å². The SMILES string of the molecule is COc1cc(C(NN)c2cccc(Br)c2C)ccc1Cl. The second-order valence-electron chi connectivity index (χ2n) is 4.45. The van der Waals surface area contributed by atoms with E-state index < -0.39 is 0 Å². The van der Waals surface area contributed by atoms with Crippen molar-refractivity contribution in [2.45, 2.75) is 13.0 Å². The quantitative estimate of drug-likeness (QED) is 0.644. The highest BCUT2D eigenvalue weighted by Gasteiger charge is 2.17. The summed E-state index contributed by atoms with van der Waals surface area (Å²) in [6.45, 7) is 2.05. The van der Waals surface area contributed by atoms with Gasteiger partial charge in [-0.15, -0.1) is 0 Å². The molecule has 0 aliphatic carbocycles. The van der Waals surface area contributed by atoms with E-state index in [1.54, 1.807) is 7.11 Å². The molecule has 0 heterocycles. The van der Waals surface area contributed by atoms with Gasteiger partial charge < -0.3 is 4.74 Å². The number of rotatable bonds is 4. The van der Waals surface area contributed by atoms with Gasteiger partial charge in [-0.25, -0.2) is 5.43 Å². The van der Waals surface area contributed by atoms with Crippen LogP contribution >= 0.6 is 27.5 Å². The first-order valence-corrected chi connectivity index (χ1v) is 7.30. The normalized spacial score (nSPS) is 12.2. The maximum Gasteiger partial charge on any atom is 0.137 e. The number of halogens is 2. The number of nitrogens with one attached hydrogen (secondary N) is 1. The zero-order valence-corrected chi connectivity index (χ0v) is 13.6. The first kappa shape index (κ1) is 15.3. The zero-order chi connectivity index (χ0) is 14.7. The molecule has 0 spiro atoms. The summed E-state index contributed by atoms with van der Waals surface area (Å²) >= 11 is 9.60. The van der Waals surface area contributed by atoms with E-state index in [1.807, 2.05) is 36.4 Å². The Kier molecular flexibility index (Phi) is 5.05. The van der Waals surface area contributed by atoms with Gasteiger partial charge in [0, 0.05) is 4.47 Å². The van der Waals surface area contributed by atoms with E-state index in [-0.39, 0.29) is 6.04 Å². The van der Waals surface area contributed by atoms with Crippen LogP contribution < -0.4 is 16.0 Å². The second kappa shape index (κ2) is 6.59. The van der Waals surface area contributed by atoms with Gasteiger partial charge in [0.2, 0.25) is 0 Å². The van der Waals surface area contributed by atoms with Gasteiger partial charge in [0.1, 0.15) is 5.75 Å². The summed E-state index contributed by atoms with van der Waals surface area (Å²) in [7, 11) is 1.60. The molecule has 3 nitrogen and oxygen atoms in total. The number of methoxy groups -OCH3 is 1. The minimum atomic E-state index is -0.126. The van der Waals surface area contributed by atoms with Crippen LogP contribution in [-0.2, 0) is 0 Å². The predicted molar refractivity (Wildman–Crippen MR) is 86.0 cm³/mol. The number of hydrogen-bond acceptors (Lipinski definition) is 3. The molecule has 1 atom stereocenters. The smallest absolute Gasteiger partial charge is 0.137 e. The van der Waals surface area contributed by atoms with Gasteiger partial charge in [-0.1, -0.05) is 45.7 Å². The largest absolute Gasteiger partial charge is 0.495 e. The van der Waals surface area contributed by atoms with Crippen LogP contribution in [-0.4, -0.2) is 7.11 Å². The first-order chi connectivity index (χ1) is 9.58. The van der Waals surface area contributed by atoms with Gasteiger partial charge in [-0.05, 0) is 41.8 Å². The highest BCUT2D eigenvalue weighted by atomic mass is 79.9. The van der Waals surface area contributed by atoms with Crippen molar-refractivity contribution >= 4 is 27.5 Å². The molecule has 20 heavy (non-hydrogen) atoms. The number of hydrazine groups is 1. The van der Waals surface area contributed by atoms with Crippen LogP contribution in [0.3, 0.4) is 0 Å². The van der Waals surface area contributed by atoms with Crippen molar-refractivity contribution in [1.29, 1.82) is 0 Å². The van der Waals surface area contributed by atoms with E-state index >= 15 is 0 Å². The van der Waals surface area contributed by atoms with Crippen LogP contribution in [0.1, 0.15) is 22.7 Å². The molecule has 0 amide bonds. The Morgan fingerprint density at radius 2 is 2.05 bits per heavy atom. The second-order valence-corrected chi connectivity index (χ2v) is 5.71. The first-order valence-electron chi connectivity index (χ1n) is 6.13. The monoisotopic (exact) mass is 354 g/mol. The number of hydrogen-bond donors (Lipinski definition) is 2. The van der Waals surface area contributed by atoms with E-state index in [9.17, 15) is 0 Å². The summed E-state index contributed by atoms with van der Waals surface area (Å²) in [5, 5.41) is 0.581. The third kappa shape index (κ3) is 2.99. The van der Waals surface area contributed by atoms with Crippen LogP contribution in [0.5, 0.6) is 5.75 Å². The lowest BCUT2D eigenvalue weighted by molar-refractivity contribution is 0.414. The summed E-state index contributed by atoms with van der Waals surface area (Å²) in [6, 6.07) is 11.6. The third-order valence-electron chi connectivity index (χ3n) is 3.30. The maximum atomic E-state index is 6.06. The standard InChI is InChI=1S/C15H16BrClN2O/c1-9-11(4-3-5-12(9)16)15(19-18)10-6-7-13(17)14(8-10)20-2/h3-8,15,19H,18H2,1-2H3. The van der Waals surface area contributed by atoms with Gasteiger partial charge in [0.15, 0.2) is 0 Å². The Balaban J connectivity index is 2.49. The molecule has 0 saturated carbocycles. The van der Waals surface area contributed by atoms with Crippen LogP contribution in [0.4, 0.5) is 0 Å². The molecule has 5 heteroatoms. The molecule has 2 aromatic rings. The molecular weight excluding hydrogens is 340 g/mol. The predicted octanol–water partition coefficient (Wildman–Crippen LogP) is 3.97. The summed E-state index contributed by atoms with van der Waals surface area (Å²) in [4.78, 5) is 0. The maximum absolute atomic E-state index is 6.06. The molecule has 3 N–H and O–H groups in total. The molecule has 0 aliphatic heterocycles. The van der Waals surface area contributed by atoms with Gasteiger partial charge in [-0.2, -0.15) is 0 Å². The average Bonchev–Trinajstić information content (AvgIpc) is 2.45. The number of ether oxygens (including phenoxy) is 1. The highest BCUT2D eigenvalue weighted by molar-refractivity contribution is 9.10. The summed E-state index contributed by atoms with van der Waals surface area (Å²) in [5.41, 5.74) is 6.10. The third-order valence-corrected chi connectivity index (χ3v) is 4.47. The molecule has 0 fully saturated rings.